The van der Waals surface area contributed by atoms with Gasteiger partial charge < -0.3 is 14.5 Å². The first-order valence-electron chi connectivity index (χ1n) is 4.75. The van der Waals surface area contributed by atoms with Crippen molar-refractivity contribution in [3.63, 3.8) is 0 Å². The van der Waals surface area contributed by atoms with E-state index in [4.69, 9.17) is 0 Å². The molecule has 2 rings (SSSR count). The van der Waals surface area contributed by atoms with Gasteiger partial charge in [-0.05, 0) is 13.8 Å². The first kappa shape index (κ1) is 14.6. The van der Waals surface area contributed by atoms with Gasteiger partial charge in [0.1, 0.15) is 5.65 Å². The van der Waals surface area contributed by atoms with Gasteiger partial charge in [0, 0.05) is 69.2 Å². The van der Waals surface area contributed by atoms with Crippen LogP contribution in [0.3, 0.4) is 0 Å². The van der Waals surface area contributed by atoms with Gasteiger partial charge in [0.2, 0.25) is 0 Å². The van der Waals surface area contributed by atoms with E-state index in [1.165, 1.54) is 15.1 Å². The summed E-state index contributed by atoms with van der Waals surface area (Å²) in [6.45, 7) is 3.12. The van der Waals surface area contributed by atoms with E-state index in [1.54, 1.807) is 19.9 Å². The second kappa shape index (κ2) is 5.45. The standard InChI is InChI=1S/C10H11N3O3.K/c1-6-3-8-12(5-10(15)16)7(2)4-9(14)13(8)11-6;/h3-4H,5H2,1-2H3,(H,15,16);/p-1. The number of aryl methyl sites for hydroxylation is 2. The number of carbonyl (C=O) groups is 1. The van der Waals surface area contributed by atoms with Crippen LogP contribution in [-0.2, 0) is 11.3 Å². The van der Waals surface area contributed by atoms with Gasteiger partial charge in [0.05, 0.1) is 18.2 Å². The molecular formula is C10H10KN3O3-. The fourth-order valence-electron chi connectivity index (χ4n) is 1.67. The summed E-state index contributed by atoms with van der Waals surface area (Å²) in [6, 6.07) is 3.01. The maximum Gasteiger partial charge on any atom is 0.274 e. The summed E-state index contributed by atoms with van der Waals surface area (Å²) in [5.41, 5.74) is 1.43. The molecule has 17 heavy (non-hydrogen) atoms. The minimum Gasteiger partial charge on any atom is -0.548 e. The minimum absolute atomic E-state index is 0. The van der Waals surface area contributed by atoms with Crippen LogP contribution in [0.15, 0.2) is 16.9 Å². The molecule has 2 aromatic rings. The predicted molar refractivity (Wildman–Crippen MR) is 59.7 cm³/mol. The van der Waals surface area contributed by atoms with Crippen molar-refractivity contribution in [1.82, 2.24) is 14.2 Å². The SMILES string of the molecule is Cc1cc2n(CC(=O)[O-])c(C)cc(=O)n2n1.[K]. The summed E-state index contributed by atoms with van der Waals surface area (Å²) < 4.78 is 2.67. The minimum atomic E-state index is -1.20. The fraction of sp³-hybridized carbons (Fsp3) is 0.300. The van der Waals surface area contributed by atoms with Gasteiger partial charge in [0.15, 0.2) is 0 Å². The number of carboxylic acid groups (broad SMARTS) is 1. The van der Waals surface area contributed by atoms with E-state index in [2.05, 4.69) is 5.10 Å². The molecule has 85 valence electrons. The number of rotatable bonds is 2. The maximum absolute atomic E-state index is 11.6. The van der Waals surface area contributed by atoms with Crippen molar-refractivity contribution in [2.24, 2.45) is 0 Å². The Morgan fingerprint density at radius 2 is 2.06 bits per heavy atom. The molecule has 0 amide bonds. The molecule has 0 bridgehead atoms. The van der Waals surface area contributed by atoms with Gasteiger partial charge in [-0.15, -0.1) is 0 Å². The average Bonchev–Trinajstić information content (AvgIpc) is 2.54. The van der Waals surface area contributed by atoms with Gasteiger partial charge >= 0.3 is 0 Å². The Morgan fingerprint density at radius 1 is 1.41 bits per heavy atom. The van der Waals surface area contributed by atoms with Crippen LogP contribution in [0.4, 0.5) is 0 Å². The predicted octanol–water partition coefficient (Wildman–Crippen LogP) is -1.52. The van der Waals surface area contributed by atoms with Gasteiger partial charge in [0.25, 0.3) is 5.56 Å². The molecular weight excluding hydrogens is 249 g/mol. The van der Waals surface area contributed by atoms with Crippen LogP contribution in [0.2, 0.25) is 0 Å². The summed E-state index contributed by atoms with van der Waals surface area (Å²) >= 11 is 0. The van der Waals surface area contributed by atoms with E-state index in [1.807, 2.05) is 0 Å². The van der Waals surface area contributed by atoms with Gasteiger partial charge in [-0.1, -0.05) is 0 Å². The van der Waals surface area contributed by atoms with Gasteiger partial charge in [-0.2, -0.15) is 9.61 Å². The number of nitrogens with zero attached hydrogens (tertiary/aromatic N) is 3. The molecule has 0 aliphatic rings. The molecule has 1 radical (unpaired) electrons. The van der Waals surface area contributed by atoms with Crippen molar-refractivity contribution < 1.29 is 9.90 Å². The molecule has 0 aliphatic carbocycles. The molecule has 0 aliphatic heterocycles. The van der Waals surface area contributed by atoms with Crippen molar-refractivity contribution in [2.45, 2.75) is 20.4 Å². The van der Waals surface area contributed by atoms with E-state index in [-0.39, 0.29) is 63.5 Å². The summed E-state index contributed by atoms with van der Waals surface area (Å²) in [5, 5.41) is 14.6. The maximum atomic E-state index is 11.6. The summed E-state index contributed by atoms with van der Waals surface area (Å²) in [7, 11) is 0. The quantitative estimate of drug-likeness (QED) is 0.614. The zero-order valence-electron chi connectivity index (χ0n) is 9.93. The number of carbonyl (C=O) groups excluding carboxylic acids is 1. The number of fused-ring (bicyclic) bond motifs is 1. The Hall–Kier alpha value is -0.474. The second-order valence-electron chi connectivity index (χ2n) is 3.64. The van der Waals surface area contributed by atoms with Crippen LogP contribution in [0, 0.1) is 13.8 Å². The van der Waals surface area contributed by atoms with E-state index >= 15 is 0 Å². The number of aliphatic carboxylic acids is 1. The molecule has 0 N–H and O–H groups in total. The van der Waals surface area contributed by atoms with Crippen molar-refractivity contribution in [3.8, 4) is 0 Å². The van der Waals surface area contributed by atoms with Crippen molar-refractivity contribution in [3.05, 3.63) is 33.9 Å². The monoisotopic (exact) mass is 259 g/mol. The van der Waals surface area contributed by atoms with E-state index in [0.29, 0.717) is 17.0 Å². The smallest absolute Gasteiger partial charge is 0.274 e. The van der Waals surface area contributed by atoms with Crippen LogP contribution in [0.1, 0.15) is 11.4 Å². The van der Waals surface area contributed by atoms with E-state index < -0.39 is 5.97 Å². The normalized spacial score (nSPS) is 10.2. The zero-order chi connectivity index (χ0) is 11.9. The molecule has 0 saturated carbocycles. The Morgan fingerprint density at radius 3 is 2.65 bits per heavy atom. The Kier molecular flexibility index (Phi) is 4.67. The summed E-state index contributed by atoms with van der Waals surface area (Å²) in [4.78, 5) is 22.2. The Bertz CT molecular complexity index is 629. The van der Waals surface area contributed by atoms with Crippen LogP contribution in [0.5, 0.6) is 0 Å². The molecule has 0 fully saturated rings. The molecule has 0 aromatic carbocycles. The van der Waals surface area contributed by atoms with Crippen LogP contribution < -0.4 is 10.7 Å². The van der Waals surface area contributed by atoms with Crippen molar-refractivity contribution in [2.75, 3.05) is 0 Å². The summed E-state index contributed by atoms with van der Waals surface area (Å²) in [6.07, 6.45) is 0. The van der Waals surface area contributed by atoms with Gasteiger partial charge in [-0.3, -0.25) is 4.79 Å². The largest absolute Gasteiger partial charge is 0.548 e. The fourth-order valence-corrected chi connectivity index (χ4v) is 1.67. The van der Waals surface area contributed by atoms with E-state index in [0.717, 1.165) is 0 Å². The van der Waals surface area contributed by atoms with Gasteiger partial charge in [-0.25, -0.2) is 0 Å². The molecule has 0 atom stereocenters. The average molecular weight is 259 g/mol. The molecule has 0 saturated heterocycles. The zero-order valence-corrected chi connectivity index (χ0v) is 13.1. The van der Waals surface area contributed by atoms with Crippen LogP contribution >= 0.6 is 0 Å². The number of hydrogen-bond donors (Lipinski definition) is 0. The second-order valence-corrected chi connectivity index (χ2v) is 3.64. The first-order valence-corrected chi connectivity index (χ1v) is 4.75. The molecule has 7 heteroatoms. The Labute approximate surface area is 140 Å². The van der Waals surface area contributed by atoms with Crippen molar-refractivity contribution in [1.29, 1.82) is 0 Å². The van der Waals surface area contributed by atoms with Crippen LogP contribution in [0.25, 0.3) is 5.65 Å². The first-order chi connectivity index (χ1) is 7.49. The topological polar surface area (TPSA) is 79.4 Å². The number of carboxylic acids is 1. The number of hydrogen-bond acceptors (Lipinski definition) is 4. The Balaban J connectivity index is 0.00000144. The molecule has 2 heterocycles. The molecule has 6 nitrogen and oxygen atoms in total. The molecule has 0 spiro atoms. The molecule has 2 aromatic heterocycles. The third-order valence-corrected chi connectivity index (χ3v) is 2.34. The third-order valence-electron chi connectivity index (χ3n) is 2.34. The number of aromatic nitrogens is 3. The van der Waals surface area contributed by atoms with Crippen LogP contribution in [-0.4, -0.2) is 71.5 Å². The summed E-state index contributed by atoms with van der Waals surface area (Å²) in [5.74, 6) is -1.20. The third kappa shape index (κ3) is 2.86. The molecule has 0 unspecified atom stereocenters. The van der Waals surface area contributed by atoms with Crippen molar-refractivity contribution >= 4 is 63.0 Å². The van der Waals surface area contributed by atoms with E-state index in [9.17, 15) is 14.7 Å².